The number of nitrogens with one attached hydrogen (secondary N) is 2. The molecule has 4 aromatic carbocycles. The molecule has 9 heteroatoms. The van der Waals surface area contributed by atoms with Crippen LogP contribution < -0.4 is 4.53 Å². The van der Waals surface area contributed by atoms with Gasteiger partial charge in [-0.3, -0.25) is 0 Å². The van der Waals surface area contributed by atoms with Gasteiger partial charge in [-0.1, -0.05) is 36.4 Å². The van der Waals surface area contributed by atoms with Gasteiger partial charge in [0.2, 0.25) is 0 Å². The number of rotatable bonds is 3. The van der Waals surface area contributed by atoms with E-state index in [0.29, 0.717) is 0 Å². The molecule has 9 rings (SSSR count). The van der Waals surface area contributed by atoms with E-state index in [1.807, 2.05) is 91.0 Å². The molecule has 8 nitrogen and oxygen atoms in total. The summed E-state index contributed by atoms with van der Waals surface area (Å²) in [6, 6.07) is 38.0. The van der Waals surface area contributed by atoms with Gasteiger partial charge in [-0.15, -0.1) is 0 Å². The van der Waals surface area contributed by atoms with E-state index in [1.54, 1.807) is 60.7 Å². The van der Waals surface area contributed by atoms with Crippen LogP contribution in [0.3, 0.4) is 0 Å². The Morgan fingerprint density at radius 3 is 1.23 bits per heavy atom. The molecule has 2 aliphatic heterocycles. The molecule has 0 radical (unpaired) electrons. The maximum Gasteiger partial charge on any atom is 0.115 e. The van der Waals surface area contributed by atoms with Gasteiger partial charge in [0, 0.05) is 38.8 Å². The van der Waals surface area contributed by atoms with Gasteiger partial charge in [0.1, 0.15) is 17.2 Å². The third-order valence-electron chi connectivity index (χ3n) is 8.85. The van der Waals surface area contributed by atoms with E-state index in [0.717, 1.165) is 82.8 Å². The molecule has 0 atom stereocenters. The van der Waals surface area contributed by atoms with Gasteiger partial charge in [-0.2, -0.15) is 0 Å². The minimum absolute atomic E-state index is 0.180. The van der Waals surface area contributed by atoms with Gasteiger partial charge < -0.3 is 25.3 Å². The maximum absolute atomic E-state index is 10.1. The van der Waals surface area contributed by atoms with Crippen molar-refractivity contribution in [1.29, 1.82) is 0 Å². The summed E-state index contributed by atoms with van der Waals surface area (Å²) in [6.45, 7) is 0. The van der Waals surface area contributed by atoms with Crippen LogP contribution in [-0.4, -0.2) is 40.4 Å². The summed E-state index contributed by atoms with van der Waals surface area (Å²) >= 11 is 4.48. The Labute approximate surface area is 312 Å². The Hall–Kier alpha value is -6.83. The molecule has 3 aromatic heterocycles. The second-order valence-corrected chi connectivity index (χ2v) is 13.0. The molecule has 8 bridgehead atoms. The van der Waals surface area contributed by atoms with Crippen LogP contribution in [0.15, 0.2) is 127 Å². The third-order valence-corrected chi connectivity index (χ3v) is 9.18. The number of aromatic hydroxyl groups is 4. The van der Waals surface area contributed by atoms with Crippen molar-refractivity contribution < 1.29 is 35.9 Å². The molecule has 0 fully saturated rings. The van der Waals surface area contributed by atoms with Gasteiger partial charge in [-0.05, 0) is 108 Å². The third kappa shape index (κ3) is 7.06. The number of phenols is 4. The van der Waals surface area contributed by atoms with Gasteiger partial charge in [0.25, 0.3) is 0 Å². The number of phenolic OH excluding ortho intramolecular Hbond substituents is 4. The van der Waals surface area contributed by atoms with E-state index in [2.05, 4.69) is 25.4 Å². The molecule has 0 amide bonds. The Balaban J connectivity index is 0.000000445. The van der Waals surface area contributed by atoms with E-state index < -0.39 is 0 Å². The summed E-state index contributed by atoms with van der Waals surface area (Å²) in [4.78, 5) is 17.3. The molecule has 0 saturated carbocycles. The summed E-state index contributed by atoms with van der Waals surface area (Å²) < 4.78 is 0.794. The molecule has 53 heavy (non-hydrogen) atoms. The van der Waals surface area contributed by atoms with Crippen molar-refractivity contribution in [3.63, 3.8) is 0 Å². The number of nitrogens with zero attached hydrogens (tertiary/aromatic N) is 2. The van der Waals surface area contributed by atoms with Crippen LogP contribution >= 0.6 is 0 Å². The first-order chi connectivity index (χ1) is 25.8. The van der Waals surface area contributed by atoms with Crippen molar-refractivity contribution in [3.8, 4) is 56.4 Å². The number of aromatic nitrogens is 4. The predicted octanol–water partition coefficient (Wildman–Crippen LogP) is 9.34. The van der Waals surface area contributed by atoms with Crippen LogP contribution in [0.2, 0.25) is 0 Å². The molecular formula is C44H31N4NiO4. The van der Waals surface area contributed by atoms with Crippen LogP contribution in [-0.2, 0) is 15.5 Å². The molecule has 0 saturated heterocycles. The fourth-order valence-corrected chi connectivity index (χ4v) is 6.53. The van der Waals surface area contributed by atoms with Crippen LogP contribution in [0.5, 0.6) is 23.0 Å². The SMILES string of the molecule is Oc1cc[c]([Ni])cc1.Oc1ccc(-c2c3nc(c(-c4ccc(O)cc4)c4ccc([nH]4)c(-c4ccc(O)cc4)c4nc(cc5ccc2[nH]5)C=C4)C=C3)cc1. The molecule has 0 unspecified atom stereocenters. The van der Waals surface area contributed by atoms with Crippen molar-refractivity contribution in [1.82, 2.24) is 19.9 Å². The van der Waals surface area contributed by atoms with Crippen LogP contribution in [0.4, 0.5) is 0 Å². The molecule has 7 aromatic rings. The molecule has 2 aliphatic rings. The number of hydrogen-bond acceptors (Lipinski definition) is 6. The fourth-order valence-electron chi connectivity index (χ4n) is 6.37. The average Bonchev–Trinajstić information content (AvgIpc) is 4.00. The quantitative estimate of drug-likeness (QED) is 0.100. The molecule has 0 spiro atoms. The smallest absolute Gasteiger partial charge is 0.115 e. The van der Waals surface area contributed by atoms with E-state index in [1.165, 1.54) is 0 Å². The number of hydrogen-bond donors (Lipinski definition) is 6. The zero-order valence-corrected chi connectivity index (χ0v) is 28.9. The van der Waals surface area contributed by atoms with Crippen molar-refractivity contribution >= 4 is 50.9 Å². The maximum atomic E-state index is 10.1. The first-order valence-electron chi connectivity index (χ1n) is 16.7. The van der Waals surface area contributed by atoms with Crippen molar-refractivity contribution in [2.45, 2.75) is 0 Å². The summed E-state index contributed by atoms with van der Waals surface area (Å²) in [5.41, 5.74) is 11.9. The number of benzene rings is 4. The zero-order valence-electron chi connectivity index (χ0n) is 27.9. The van der Waals surface area contributed by atoms with Crippen molar-refractivity contribution in [2.24, 2.45) is 0 Å². The summed E-state index contributed by atoms with van der Waals surface area (Å²) in [6.07, 6.45) is 7.99. The minimum atomic E-state index is 0.180. The molecule has 5 heterocycles. The van der Waals surface area contributed by atoms with Crippen molar-refractivity contribution in [3.05, 3.63) is 150 Å². The second kappa shape index (κ2) is 14.1. The average molecular weight is 738 g/mol. The zero-order chi connectivity index (χ0) is 36.5. The summed E-state index contributed by atoms with van der Waals surface area (Å²) in [5.74, 6) is 0.831. The predicted molar refractivity (Wildman–Crippen MR) is 208 cm³/mol. The Kier molecular flexibility index (Phi) is 8.84. The molecule has 261 valence electrons. The van der Waals surface area contributed by atoms with Crippen LogP contribution in [0.25, 0.3) is 79.8 Å². The monoisotopic (exact) mass is 737 g/mol. The Morgan fingerprint density at radius 1 is 0.396 bits per heavy atom. The number of fused-ring (bicyclic) bond motifs is 8. The number of H-pyrrole nitrogens is 2. The van der Waals surface area contributed by atoms with Crippen LogP contribution in [0.1, 0.15) is 22.8 Å². The summed E-state index contributed by atoms with van der Waals surface area (Å²) in [5, 5.41) is 38.8. The molecule has 0 aliphatic carbocycles. The fraction of sp³-hybridized carbons (Fsp3) is 0. The van der Waals surface area contributed by atoms with E-state index in [-0.39, 0.29) is 23.0 Å². The largest absolute Gasteiger partial charge is 0.508 e. The Morgan fingerprint density at radius 2 is 0.774 bits per heavy atom. The molecule has 6 N–H and O–H groups in total. The van der Waals surface area contributed by atoms with Crippen LogP contribution in [0, 0.1) is 0 Å². The summed E-state index contributed by atoms with van der Waals surface area (Å²) in [7, 11) is 0. The Bertz CT molecular complexity index is 2630. The van der Waals surface area contributed by atoms with E-state index >= 15 is 0 Å². The standard InChI is InChI=1S/C38H26N4O3.C6H5O.Ni/c43-27-9-1-22(2-10-27)36-30-15-7-25(39-30)21-26-8-16-31(40-26)37(23-3-11-28(44)12-4-23)33-18-20-35(42-33)38(34-19-17-32(36)41-34)24-5-13-29(45)14-6-24;7-6-4-2-1-3-5-6;/h1-21,39,42-45H;2-5,7H;. The van der Waals surface area contributed by atoms with Gasteiger partial charge in [-0.25, -0.2) is 9.97 Å². The number of aromatic amines is 2. The van der Waals surface area contributed by atoms with E-state index in [9.17, 15) is 15.3 Å². The first kappa shape index (κ1) is 33.3. The normalized spacial score (nSPS) is 11.7. The topological polar surface area (TPSA) is 138 Å². The van der Waals surface area contributed by atoms with Crippen molar-refractivity contribution in [2.75, 3.05) is 0 Å². The van der Waals surface area contributed by atoms with Gasteiger partial charge >= 0.3 is 55.1 Å². The minimum Gasteiger partial charge on any atom is -0.508 e. The van der Waals surface area contributed by atoms with Gasteiger partial charge in [0.15, 0.2) is 0 Å². The van der Waals surface area contributed by atoms with Gasteiger partial charge in [0.05, 0.1) is 22.8 Å². The van der Waals surface area contributed by atoms with E-state index in [4.69, 9.17) is 15.1 Å². The molecular weight excluding hydrogens is 707 g/mol. The first-order valence-corrected chi connectivity index (χ1v) is 17.2. The second-order valence-electron chi connectivity index (χ2n) is 12.4.